The lowest BCUT2D eigenvalue weighted by Crippen LogP contribution is -2.43. The molecule has 1 amide bonds. The molecule has 1 saturated heterocycles. The summed E-state index contributed by atoms with van der Waals surface area (Å²) in [7, 11) is 0. The van der Waals surface area contributed by atoms with E-state index >= 15 is 0 Å². The van der Waals surface area contributed by atoms with Gasteiger partial charge < -0.3 is 24.7 Å². The van der Waals surface area contributed by atoms with Crippen molar-refractivity contribution in [1.29, 1.82) is 0 Å². The van der Waals surface area contributed by atoms with Crippen LogP contribution >= 0.6 is 0 Å². The smallest absolute Gasteiger partial charge is 0.410 e. The van der Waals surface area contributed by atoms with Gasteiger partial charge in [-0.2, -0.15) is 0 Å². The zero-order chi connectivity index (χ0) is 16.7. The lowest BCUT2D eigenvalue weighted by atomic mass is 10.1. The van der Waals surface area contributed by atoms with Gasteiger partial charge in [-0.05, 0) is 33.6 Å². The summed E-state index contributed by atoms with van der Waals surface area (Å²) in [6.07, 6.45) is 5.27. The molecule has 1 fully saturated rings. The van der Waals surface area contributed by atoms with Gasteiger partial charge >= 0.3 is 6.09 Å². The Morgan fingerprint density at radius 3 is 2.78 bits per heavy atom. The lowest BCUT2D eigenvalue weighted by molar-refractivity contribution is -0.0105. The molecule has 23 heavy (non-hydrogen) atoms. The van der Waals surface area contributed by atoms with Crippen LogP contribution in [0.1, 0.15) is 39.4 Å². The second-order valence-corrected chi connectivity index (χ2v) is 6.75. The molecule has 0 atom stereocenters. The van der Waals surface area contributed by atoms with E-state index in [1.54, 1.807) is 11.1 Å². The van der Waals surface area contributed by atoms with Crippen molar-refractivity contribution in [3.8, 4) is 0 Å². The third kappa shape index (κ3) is 6.58. The predicted octanol–water partition coefficient (Wildman–Crippen LogP) is 1.92. The van der Waals surface area contributed by atoms with Crippen LogP contribution in [0, 0.1) is 0 Å². The number of carbonyl (C=O) groups excluding carboxylic acids is 1. The molecule has 1 aromatic rings. The van der Waals surface area contributed by atoms with E-state index < -0.39 is 5.60 Å². The SMILES string of the molecule is CC(C)(C)OC(=O)N1CCC(OCCNCc2ncc[nH]2)CC1. The number of nitrogens with zero attached hydrogens (tertiary/aromatic N) is 2. The first-order valence-corrected chi connectivity index (χ1v) is 8.22. The third-order valence-electron chi connectivity index (χ3n) is 3.57. The highest BCUT2D eigenvalue weighted by Crippen LogP contribution is 2.17. The molecule has 0 bridgehead atoms. The van der Waals surface area contributed by atoms with E-state index in [0.29, 0.717) is 26.2 Å². The van der Waals surface area contributed by atoms with E-state index in [0.717, 1.165) is 25.2 Å². The van der Waals surface area contributed by atoms with Crippen LogP contribution in [-0.4, -0.2) is 58.9 Å². The number of amides is 1. The minimum absolute atomic E-state index is 0.221. The number of hydrogen-bond donors (Lipinski definition) is 2. The number of aromatic amines is 1. The Morgan fingerprint density at radius 2 is 2.17 bits per heavy atom. The zero-order valence-corrected chi connectivity index (χ0v) is 14.3. The van der Waals surface area contributed by atoms with Crippen molar-refractivity contribution in [3.05, 3.63) is 18.2 Å². The standard InChI is InChI=1S/C16H28N4O3/c1-16(2,3)23-15(21)20-9-4-13(5-10-20)22-11-8-17-12-14-18-6-7-19-14/h6-7,13,17H,4-5,8-12H2,1-3H3,(H,18,19). The molecule has 1 aliphatic rings. The molecule has 2 rings (SSSR count). The molecule has 2 N–H and O–H groups in total. The largest absolute Gasteiger partial charge is 0.444 e. The summed E-state index contributed by atoms with van der Waals surface area (Å²) < 4.78 is 11.2. The van der Waals surface area contributed by atoms with Crippen molar-refractivity contribution < 1.29 is 14.3 Å². The Bertz CT molecular complexity index is 462. The number of piperidine rings is 1. The van der Waals surface area contributed by atoms with E-state index in [1.807, 2.05) is 27.0 Å². The highest BCUT2D eigenvalue weighted by Gasteiger charge is 2.26. The fourth-order valence-corrected chi connectivity index (χ4v) is 2.43. The number of carbonyl (C=O) groups is 1. The molecule has 0 saturated carbocycles. The number of ether oxygens (including phenoxy) is 2. The summed E-state index contributed by atoms with van der Waals surface area (Å²) in [5.41, 5.74) is -0.440. The number of likely N-dealkylation sites (tertiary alicyclic amines) is 1. The number of nitrogens with one attached hydrogen (secondary N) is 2. The van der Waals surface area contributed by atoms with Crippen LogP contribution in [0.4, 0.5) is 4.79 Å². The van der Waals surface area contributed by atoms with E-state index in [1.165, 1.54) is 0 Å². The summed E-state index contributed by atoms with van der Waals surface area (Å²) in [4.78, 5) is 20.9. The average Bonchev–Trinajstić information content (AvgIpc) is 2.99. The molecular formula is C16H28N4O3. The normalized spacial score (nSPS) is 16.6. The van der Waals surface area contributed by atoms with Crippen LogP contribution < -0.4 is 5.32 Å². The molecule has 0 unspecified atom stereocenters. The average molecular weight is 324 g/mol. The summed E-state index contributed by atoms with van der Waals surface area (Å²) in [5.74, 6) is 0.927. The van der Waals surface area contributed by atoms with Gasteiger partial charge in [0.05, 0.1) is 19.3 Å². The topological polar surface area (TPSA) is 79.5 Å². The van der Waals surface area contributed by atoms with Crippen LogP contribution in [0.2, 0.25) is 0 Å². The predicted molar refractivity (Wildman–Crippen MR) is 87.1 cm³/mol. The molecule has 1 aromatic heterocycles. The van der Waals surface area contributed by atoms with E-state index in [2.05, 4.69) is 15.3 Å². The van der Waals surface area contributed by atoms with Crippen molar-refractivity contribution in [1.82, 2.24) is 20.2 Å². The number of H-pyrrole nitrogens is 1. The number of hydrogen-bond acceptors (Lipinski definition) is 5. The van der Waals surface area contributed by atoms with Crippen LogP contribution in [0.25, 0.3) is 0 Å². The maximum atomic E-state index is 12.0. The van der Waals surface area contributed by atoms with Crippen molar-refractivity contribution in [2.24, 2.45) is 0 Å². The molecule has 0 aliphatic carbocycles. The van der Waals surface area contributed by atoms with Gasteiger partial charge in [0, 0.05) is 32.0 Å². The van der Waals surface area contributed by atoms with Crippen LogP contribution in [-0.2, 0) is 16.0 Å². The number of aromatic nitrogens is 2. The molecule has 7 heteroatoms. The fourth-order valence-electron chi connectivity index (χ4n) is 2.43. The molecule has 130 valence electrons. The summed E-state index contributed by atoms with van der Waals surface area (Å²) in [6.45, 7) is 9.21. The second kappa shape index (κ2) is 8.31. The lowest BCUT2D eigenvalue weighted by Gasteiger charge is -2.33. The van der Waals surface area contributed by atoms with E-state index in [4.69, 9.17) is 9.47 Å². The number of rotatable bonds is 6. The Kier molecular flexibility index (Phi) is 6.41. The van der Waals surface area contributed by atoms with E-state index in [-0.39, 0.29) is 12.2 Å². The maximum Gasteiger partial charge on any atom is 0.410 e. The summed E-state index contributed by atoms with van der Waals surface area (Å²) in [5, 5.41) is 3.28. The molecule has 0 radical (unpaired) electrons. The monoisotopic (exact) mass is 324 g/mol. The van der Waals surface area contributed by atoms with Gasteiger partial charge in [-0.15, -0.1) is 0 Å². The van der Waals surface area contributed by atoms with Gasteiger partial charge in [0.25, 0.3) is 0 Å². The molecule has 1 aliphatic heterocycles. The first kappa shape index (κ1) is 17.7. The van der Waals surface area contributed by atoms with Gasteiger partial charge in [-0.3, -0.25) is 0 Å². The third-order valence-corrected chi connectivity index (χ3v) is 3.57. The zero-order valence-electron chi connectivity index (χ0n) is 14.3. The van der Waals surface area contributed by atoms with Gasteiger partial charge in [0.2, 0.25) is 0 Å². The van der Waals surface area contributed by atoms with Crippen molar-refractivity contribution in [2.45, 2.75) is 51.9 Å². The van der Waals surface area contributed by atoms with Crippen LogP contribution in [0.15, 0.2) is 12.4 Å². The van der Waals surface area contributed by atoms with Gasteiger partial charge in [0.15, 0.2) is 0 Å². The second-order valence-electron chi connectivity index (χ2n) is 6.75. The summed E-state index contributed by atoms with van der Waals surface area (Å²) in [6, 6.07) is 0. The Morgan fingerprint density at radius 1 is 1.43 bits per heavy atom. The van der Waals surface area contributed by atoms with Gasteiger partial charge in [0.1, 0.15) is 11.4 Å². The van der Waals surface area contributed by atoms with Gasteiger partial charge in [-0.1, -0.05) is 0 Å². The molecular weight excluding hydrogens is 296 g/mol. The Hall–Kier alpha value is -1.60. The quantitative estimate of drug-likeness (QED) is 0.782. The Labute approximate surface area is 137 Å². The summed E-state index contributed by atoms with van der Waals surface area (Å²) >= 11 is 0. The highest BCUT2D eigenvalue weighted by molar-refractivity contribution is 5.68. The van der Waals surface area contributed by atoms with Crippen LogP contribution in [0.3, 0.4) is 0 Å². The highest BCUT2D eigenvalue weighted by atomic mass is 16.6. The molecule has 7 nitrogen and oxygen atoms in total. The molecule has 0 aromatic carbocycles. The minimum Gasteiger partial charge on any atom is -0.444 e. The number of imidazole rings is 1. The molecule has 0 spiro atoms. The van der Waals surface area contributed by atoms with Crippen molar-refractivity contribution in [2.75, 3.05) is 26.2 Å². The van der Waals surface area contributed by atoms with Gasteiger partial charge in [-0.25, -0.2) is 9.78 Å². The van der Waals surface area contributed by atoms with Crippen LogP contribution in [0.5, 0.6) is 0 Å². The molecule has 2 heterocycles. The fraction of sp³-hybridized carbons (Fsp3) is 0.750. The van der Waals surface area contributed by atoms with Crippen molar-refractivity contribution in [3.63, 3.8) is 0 Å². The maximum absolute atomic E-state index is 12.0. The minimum atomic E-state index is -0.440. The van der Waals surface area contributed by atoms with E-state index in [9.17, 15) is 4.79 Å². The Balaban J connectivity index is 1.55. The first-order chi connectivity index (χ1) is 10.9. The first-order valence-electron chi connectivity index (χ1n) is 8.22. The van der Waals surface area contributed by atoms with Crippen molar-refractivity contribution >= 4 is 6.09 Å².